The zero-order chi connectivity index (χ0) is 15.0. The smallest absolute Gasteiger partial charge is 0.352 e. The summed E-state index contributed by atoms with van der Waals surface area (Å²) in [5.41, 5.74) is 8.80. The number of rotatable bonds is 3. The molecule has 21 heavy (non-hydrogen) atoms. The molecule has 0 saturated heterocycles. The topological polar surface area (TPSA) is 93.5 Å². The van der Waals surface area contributed by atoms with Crippen molar-refractivity contribution in [2.45, 2.75) is 13.0 Å². The van der Waals surface area contributed by atoms with E-state index in [1.165, 1.54) is 0 Å². The number of carboxylic acid groups (broad SMARTS) is 1. The first-order valence-electron chi connectivity index (χ1n) is 6.50. The number of pyridine rings is 2. The Hall–Kier alpha value is -2.73. The van der Waals surface area contributed by atoms with Gasteiger partial charge in [0.25, 0.3) is 0 Å². The average molecular weight is 282 g/mol. The first-order valence-corrected chi connectivity index (χ1v) is 6.50. The van der Waals surface area contributed by atoms with Crippen LogP contribution in [-0.4, -0.2) is 25.4 Å². The van der Waals surface area contributed by atoms with Crippen LogP contribution in [0.4, 0.5) is 0 Å². The molecule has 1 unspecified atom stereocenters. The molecule has 6 heteroatoms. The van der Waals surface area contributed by atoms with E-state index in [0.29, 0.717) is 17.0 Å². The van der Waals surface area contributed by atoms with Gasteiger partial charge < -0.3 is 10.8 Å². The maximum absolute atomic E-state index is 11.5. The van der Waals surface area contributed by atoms with Crippen LogP contribution in [-0.2, 0) is 0 Å². The van der Waals surface area contributed by atoms with Crippen LogP contribution in [0, 0.1) is 0 Å². The Bertz CT molecular complexity index is 809. The monoisotopic (exact) mass is 282 g/mol. The number of fused-ring (bicyclic) bond motifs is 1. The maximum atomic E-state index is 11.5. The highest BCUT2D eigenvalue weighted by molar-refractivity contribution is 5.88. The van der Waals surface area contributed by atoms with Crippen molar-refractivity contribution in [3.63, 3.8) is 0 Å². The van der Waals surface area contributed by atoms with Crippen LogP contribution in [0.5, 0.6) is 0 Å². The highest BCUT2D eigenvalue weighted by Crippen LogP contribution is 2.29. The fourth-order valence-corrected chi connectivity index (χ4v) is 2.38. The molecule has 0 aliphatic heterocycles. The minimum atomic E-state index is -1.01. The molecule has 0 bridgehead atoms. The minimum Gasteiger partial charge on any atom is -0.477 e. The van der Waals surface area contributed by atoms with Crippen molar-refractivity contribution < 1.29 is 9.90 Å². The van der Waals surface area contributed by atoms with Gasteiger partial charge in [-0.3, -0.25) is 9.38 Å². The summed E-state index contributed by atoms with van der Waals surface area (Å²) in [5.74, 6) is -1.01. The third-order valence-electron chi connectivity index (χ3n) is 3.26. The van der Waals surface area contributed by atoms with E-state index in [2.05, 4.69) is 9.97 Å². The second-order valence-electron chi connectivity index (χ2n) is 4.79. The van der Waals surface area contributed by atoms with E-state index in [0.717, 1.165) is 5.56 Å². The molecule has 1 atom stereocenters. The Kier molecular flexibility index (Phi) is 3.15. The fraction of sp³-hybridized carbons (Fsp3) is 0.133. The van der Waals surface area contributed by atoms with Crippen LogP contribution in [0.1, 0.15) is 29.1 Å². The highest BCUT2D eigenvalue weighted by Gasteiger charge is 2.21. The van der Waals surface area contributed by atoms with E-state index in [-0.39, 0.29) is 11.7 Å². The predicted octanol–water partition coefficient (Wildman–Crippen LogP) is 2.11. The van der Waals surface area contributed by atoms with Gasteiger partial charge in [-0.2, -0.15) is 0 Å². The molecule has 0 amide bonds. The summed E-state index contributed by atoms with van der Waals surface area (Å²) in [6.45, 7) is 1.82. The Balaban J connectivity index is 2.44. The van der Waals surface area contributed by atoms with Crippen LogP contribution in [0.15, 0.2) is 42.7 Å². The Morgan fingerprint density at radius 2 is 2.14 bits per heavy atom. The number of carbonyl (C=O) groups is 1. The molecule has 0 fully saturated rings. The lowest BCUT2D eigenvalue weighted by molar-refractivity contribution is 0.0689. The summed E-state index contributed by atoms with van der Waals surface area (Å²) >= 11 is 0. The molecule has 3 aromatic heterocycles. The molecule has 3 heterocycles. The number of imidazole rings is 1. The maximum Gasteiger partial charge on any atom is 0.352 e. The van der Waals surface area contributed by atoms with Crippen LogP contribution < -0.4 is 5.73 Å². The van der Waals surface area contributed by atoms with Crippen molar-refractivity contribution in [2.24, 2.45) is 5.73 Å². The van der Waals surface area contributed by atoms with Gasteiger partial charge in [0.15, 0.2) is 0 Å². The fourth-order valence-electron chi connectivity index (χ4n) is 2.38. The summed E-state index contributed by atoms with van der Waals surface area (Å²) in [5, 5.41) is 9.41. The molecular formula is C15H14N4O2. The highest BCUT2D eigenvalue weighted by atomic mass is 16.4. The van der Waals surface area contributed by atoms with Crippen molar-refractivity contribution in [3.05, 3.63) is 54.1 Å². The van der Waals surface area contributed by atoms with E-state index in [4.69, 9.17) is 5.73 Å². The molecule has 0 spiro atoms. The summed E-state index contributed by atoms with van der Waals surface area (Å²) in [6, 6.07) is 8.31. The molecule has 0 aliphatic rings. The third kappa shape index (κ3) is 2.15. The van der Waals surface area contributed by atoms with Gasteiger partial charge in [0, 0.05) is 24.0 Å². The number of nitrogens with two attached hydrogens (primary N) is 1. The quantitative estimate of drug-likeness (QED) is 0.767. The van der Waals surface area contributed by atoms with Gasteiger partial charge in [0.1, 0.15) is 11.3 Å². The van der Waals surface area contributed by atoms with Gasteiger partial charge in [-0.05, 0) is 31.2 Å². The van der Waals surface area contributed by atoms with Crippen LogP contribution in [0.3, 0.4) is 0 Å². The zero-order valence-electron chi connectivity index (χ0n) is 11.4. The lowest BCUT2D eigenvalue weighted by Crippen LogP contribution is -2.09. The number of carboxylic acids is 1. The largest absolute Gasteiger partial charge is 0.477 e. The SMILES string of the molecule is CC(N)c1nc2cccc(C(=O)O)n2c1-c1cccnc1. The van der Waals surface area contributed by atoms with Gasteiger partial charge in [-0.15, -0.1) is 0 Å². The number of aromatic nitrogens is 3. The van der Waals surface area contributed by atoms with Crippen molar-refractivity contribution in [1.82, 2.24) is 14.4 Å². The Morgan fingerprint density at radius 3 is 2.76 bits per heavy atom. The Labute approximate surface area is 120 Å². The van der Waals surface area contributed by atoms with Crippen LogP contribution in [0.25, 0.3) is 16.9 Å². The molecule has 3 N–H and O–H groups in total. The summed E-state index contributed by atoms with van der Waals surface area (Å²) in [6.07, 6.45) is 3.34. The van der Waals surface area contributed by atoms with Gasteiger partial charge >= 0.3 is 5.97 Å². The molecular weight excluding hydrogens is 268 g/mol. The first-order chi connectivity index (χ1) is 10.1. The van der Waals surface area contributed by atoms with Gasteiger partial charge in [0.05, 0.1) is 11.4 Å². The summed E-state index contributed by atoms with van der Waals surface area (Å²) < 4.78 is 1.61. The molecule has 0 aromatic carbocycles. The van der Waals surface area contributed by atoms with E-state index < -0.39 is 5.97 Å². The average Bonchev–Trinajstić information content (AvgIpc) is 2.87. The second kappa shape index (κ2) is 4.99. The van der Waals surface area contributed by atoms with Gasteiger partial charge in [-0.25, -0.2) is 9.78 Å². The number of hydrogen-bond acceptors (Lipinski definition) is 4. The molecule has 106 valence electrons. The summed E-state index contributed by atoms with van der Waals surface area (Å²) in [7, 11) is 0. The molecule has 3 rings (SSSR count). The normalized spacial score (nSPS) is 12.5. The van der Waals surface area contributed by atoms with E-state index in [9.17, 15) is 9.90 Å². The standard InChI is InChI=1S/C15H14N4O2/c1-9(16)13-14(10-4-3-7-17-8-10)19-11(15(20)21)5-2-6-12(19)18-13/h2-9H,16H2,1H3,(H,20,21). The van der Waals surface area contributed by atoms with Gasteiger partial charge in [0.2, 0.25) is 0 Å². The van der Waals surface area contributed by atoms with Crippen molar-refractivity contribution >= 4 is 11.6 Å². The lowest BCUT2D eigenvalue weighted by Gasteiger charge is -2.09. The molecule has 3 aromatic rings. The van der Waals surface area contributed by atoms with E-state index in [1.807, 2.05) is 13.0 Å². The number of hydrogen-bond donors (Lipinski definition) is 2. The van der Waals surface area contributed by atoms with E-state index in [1.54, 1.807) is 41.1 Å². The predicted molar refractivity (Wildman–Crippen MR) is 78.0 cm³/mol. The first kappa shape index (κ1) is 13.3. The minimum absolute atomic E-state index is 0.144. The van der Waals surface area contributed by atoms with Crippen molar-refractivity contribution in [2.75, 3.05) is 0 Å². The molecule has 0 aliphatic carbocycles. The molecule has 0 radical (unpaired) electrons. The van der Waals surface area contributed by atoms with Crippen molar-refractivity contribution in [3.8, 4) is 11.3 Å². The van der Waals surface area contributed by atoms with E-state index >= 15 is 0 Å². The lowest BCUT2D eigenvalue weighted by atomic mass is 10.1. The molecule has 0 saturated carbocycles. The van der Waals surface area contributed by atoms with Crippen LogP contribution >= 0.6 is 0 Å². The number of nitrogens with zero attached hydrogens (tertiary/aromatic N) is 3. The Morgan fingerprint density at radius 1 is 1.33 bits per heavy atom. The number of aromatic carboxylic acids is 1. The van der Waals surface area contributed by atoms with Crippen LogP contribution in [0.2, 0.25) is 0 Å². The zero-order valence-corrected chi connectivity index (χ0v) is 11.4. The second-order valence-corrected chi connectivity index (χ2v) is 4.79. The third-order valence-corrected chi connectivity index (χ3v) is 3.26. The molecule has 6 nitrogen and oxygen atoms in total. The van der Waals surface area contributed by atoms with Gasteiger partial charge in [-0.1, -0.05) is 6.07 Å². The summed E-state index contributed by atoms with van der Waals surface area (Å²) in [4.78, 5) is 20.1. The van der Waals surface area contributed by atoms with Crippen molar-refractivity contribution in [1.29, 1.82) is 0 Å².